The number of carbonyl (C=O) groups is 1. The zero-order chi connectivity index (χ0) is 14.2. The van der Waals surface area contributed by atoms with Crippen molar-refractivity contribution in [1.29, 1.82) is 0 Å². The van der Waals surface area contributed by atoms with E-state index in [1.165, 1.54) is 10.2 Å². The van der Waals surface area contributed by atoms with E-state index in [0.717, 1.165) is 12.8 Å². The maximum absolute atomic E-state index is 11.7. The van der Waals surface area contributed by atoms with Crippen LogP contribution in [-0.4, -0.2) is 32.6 Å². The van der Waals surface area contributed by atoms with Gasteiger partial charge in [0, 0.05) is 6.54 Å². The summed E-state index contributed by atoms with van der Waals surface area (Å²) in [7, 11) is 0. The van der Waals surface area contributed by atoms with Crippen LogP contribution in [0.25, 0.3) is 0 Å². The lowest BCUT2D eigenvalue weighted by Crippen LogP contribution is -2.28. The van der Waals surface area contributed by atoms with Crippen molar-refractivity contribution in [2.75, 3.05) is 6.54 Å². The summed E-state index contributed by atoms with van der Waals surface area (Å²) in [4.78, 5) is 11.7. The zero-order valence-corrected chi connectivity index (χ0v) is 11.2. The van der Waals surface area contributed by atoms with Gasteiger partial charge in [0.05, 0.1) is 12.8 Å². The fourth-order valence-corrected chi connectivity index (χ4v) is 1.86. The normalized spacial score (nSPS) is 10.4. The maximum atomic E-state index is 11.7. The number of aromatic nitrogens is 3. The summed E-state index contributed by atoms with van der Waals surface area (Å²) in [5.41, 5.74) is 1.73. The van der Waals surface area contributed by atoms with Gasteiger partial charge in [-0.25, -0.2) is 4.68 Å². The van der Waals surface area contributed by atoms with Gasteiger partial charge in [0.15, 0.2) is 0 Å². The van der Waals surface area contributed by atoms with Crippen LogP contribution in [0.2, 0.25) is 0 Å². The van der Waals surface area contributed by atoms with Gasteiger partial charge in [0.25, 0.3) is 0 Å². The Bertz CT molecular complexity index is 539. The minimum Gasteiger partial charge on any atom is -0.390 e. The molecule has 20 heavy (non-hydrogen) atoms. The van der Waals surface area contributed by atoms with Gasteiger partial charge < -0.3 is 10.4 Å². The van der Waals surface area contributed by atoms with E-state index in [4.69, 9.17) is 5.11 Å². The lowest BCUT2D eigenvalue weighted by atomic mass is 10.1. The molecule has 1 aromatic carbocycles. The molecule has 2 aromatic rings. The molecule has 6 nitrogen and oxygen atoms in total. The van der Waals surface area contributed by atoms with Crippen molar-refractivity contribution < 1.29 is 9.90 Å². The van der Waals surface area contributed by atoms with Gasteiger partial charge in [-0.15, -0.1) is 5.10 Å². The van der Waals surface area contributed by atoms with Crippen LogP contribution in [0.3, 0.4) is 0 Å². The number of nitrogens with zero attached hydrogens (tertiary/aromatic N) is 3. The first-order chi connectivity index (χ1) is 9.78. The average Bonchev–Trinajstić information content (AvgIpc) is 2.92. The van der Waals surface area contributed by atoms with Crippen molar-refractivity contribution in [3.05, 3.63) is 47.8 Å². The third-order valence-electron chi connectivity index (χ3n) is 2.86. The van der Waals surface area contributed by atoms with Crippen molar-refractivity contribution in [3.63, 3.8) is 0 Å². The van der Waals surface area contributed by atoms with Crippen LogP contribution in [0.15, 0.2) is 36.5 Å². The Hall–Kier alpha value is -2.21. The lowest BCUT2D eigenvalue weighted by Gasteiger charge is -2.05. The quantitative estimate of drug-likeness (QED) is 0.721. The highest BCUT2D eigenvalue weighted by Crippen LogP contribution is 2.01. The van der Waals surface area contributed by atoms with Crippen LogP contribution in [0.1, 0.15) is 17.7 Å². The summed E-state index contributed by atoms with van der Waals surface area (Å²) in [6.45, 7) is 0.590. The number of hydrogen-bond acceptors (Lipinski definition) is 4. The molecule has 0 fully saturated rings. The minimum absolute atomic E-state index is 0.104. The number of aryl methyl sites for hydroxylation is 1. The van der Waals surface area contributed by atoms with Crippen LogP contribution >= 0.6 is 0 Å². The monoisotopic (exact) mass is 274 g/mol. The number of amides is 1. The Kier molecular flexibility index (Phi) is 5.25. The van der Waals surface area contributed by atoms with Gasteiger partial charge in [0.2, 0.25) is 5.91 Å². The van der Waals surface area contributed by atoms with E-state index in [1.807, 2.05) is 18.2 Å². The molecule has 1 amide bonds. The number of carbonyl (C=O) groups excluding carboxylic acids is 1. The van der Waals surface area contributed by atoms with Crippen LogP contribution in [0, 0.1) is 0 Å². The van der Waals surface area contributed by atoms with E-state index in [1.54, 1.807) is 6.20 Å². The van der Waals surface area contributed by atoms with E-state index in [-0.39, 0.29) is 19.1 Å². The van der Waals surface area contributed by atoms with E-state index >= 15 is 0 Å². The minimum atomic E-state index is -0.168. The zero-order valence-electron chi connectivity index (χ0n) is 11.2. The fourth-order valence-electron chi connectivity index (χ4n) is 1.86. The second kappa shape index (κ2) is 7.40. The van der Waals surface area contributed by atoms with Crippen LogP contribution in [-0.2, 0) is 24.4 Å². The summed E-state index contributed by atoms with van der Waals surface area (Å²) < 4.78 is 1.41. The molecule has 6 heteroatoms. The molecule has 0 atom stereocenters. The van der Waals surface area contributed by atoms with Gasteiger partial charge >= 0.3 is 0 Å². The fraction of sp³-hybridized carbons (Fsp3) is 0.357. The van der Waals surface area contributed by atoms with Gasteiger partial charge in [-0.05, 0) is 18.4 Å². The molecule has 2 N–H and O–H groups in total. The molecule has 0 radical (unpaired) electrons. The highest BCUT2D eigenvalue weighted by molar-refractivity contribution is 5.75. The highest BCUT2D eigenvalue weighted by Gasteiger charge is 2.04. The first kappa shape index (κ1) is 14.2. The summed E-state index contributed by atoms with van der Waals surface area (Å²) in [6, 6.07) is 10.2. The molecule has 0 aliphatic carbocycles. The third kappa shape index (κ3) is 4.47. The topological polar surface area (TPSA) is 80.0 Å². The molecule has 0 unspecified atom stereocenters. The Labute approximate surface area is 117 Å². The molecular weight excluding hydrogens is 256 g/mol. The van der Waals surface area contributed by atoms with E-state index < -0.39 is 0 Å². The summed E-state index contributed by atoms with van der Waals surface area (Å²) >= 11 is 0. The van der Waals surface area contributed by atoms with Gasteiger partial charge in [-0.3, -0.25) is 4.79 Å². The molecule has 2 rings (SSSR count). The molecular formula is C14H18N4O2. The predicted octanol–water partition coefficient (Wildman–Crippen LogP) is 0.519. The molecule has 1 aromatic heterocycles. The van der Waals surface area contributed by atoms with Crippen molar-refractivity contribution in [1.82, 2.24) is 20.3 Å². The standard InChI is InChI=1S/C14H18N4O2/c19-11-13-9-18(17-16-13)10-14(20)15-8-4-7-12-5-2-1-3-6-12/h1-3,5-6,9,19H,4,7-8,10-11H2,(H,15,20). The van der Waals surface area contributed by atoms with Gasteiger partial charge in [0.1, 0.15) is 12.2 Å². The highest BCUT2D eigenvalue weighted by atomic mass is 16.3. The molecule has 106 valence electrons. The molecule has 0 aliphatic heterocycles. The predicted molar refractivity (Wildman–Crippen MR) is 73.7 cm³/mol. The van der Waals surface area contributed by atoms with Crippen LogP contribution < -0.4 is 5.32 Å². The van der Waals surface area contributed by atoms with Gasteiger partial charge in [-0.1, -0.05) is 35.5 Å². The Morgan fingerprint density at radius 3 is 2.80 bits per heavy atom. The van der Waals surface area contributed by atoms with Crippen molar-refractivity contribution in [2.24, 2.45) is 0 Å². The third-order valence-corrected chi connectivity index (χ3v) is 2.86. The summed E-state index contributed by atoms with van der Waals surface area (Å²) in [6.07, 6.45) is 3.40. The Balaban J connectivity index is 1.65. The maximum Gasteiger partial charge on any atom is 0.241 e. The van der Waals surface area contributed by atoms with Crippen molar-refractivity contribution in [2.45, 2.75) is 26.0 Å². The molecule has 0 saturated heterocycles. The second-order valence-electron chi connectivity index (χ2n) is 4.50. The first-order valence-electron chi connectivity index (χ1n) is 6.58. The smallest absolute Gasteiger partial charge is 0.241 e. The van der Waals surface area contributed by atoms with E-state index in [9.17, 15) is 4.79 Å². The number of hydrogen-bond donors (Lipinski definition) is 2. The number of nitrogens with one attached hydrogen (secondary N) is 1. The van der Waals surface area contributed by atoms with E-state index in [2.05, 4.69) is 27.8 Å². The van der Waals surface area contributed by atoms with Crippen LogP contribution in [0.5, 0.6) is 0 Å². The lowest BCUT2D eigenvalue weighted by molar-refractivity contribution is -0.121. The number of rotatable bonds is 7. The molecule has 0 aliphatic rings. The van der Waals surface area contributed by atoms with E-state index in [0.29, 0.717) is 12.2 Å². The SMILES string of the molecule is O=C(Cn1cc(CO)nn1)NCCCc1ccccc1. The number of aliphatic hydroxyl groups is 1. The molecule has 0 spiro atoms. The average molecular weight is 274 g/mol. The summed E-state index contributed by atoms with van der Waals surface area (Å²) in [5.74, 6) is -0.104. The molecule has 1 heterocycles. The van der Waals surface area contributed by atoms with Crippen LogP contribution in [0.4, 0.5) is 0 Å². The molecule has 0 saturated carbocycles. The summed E-state index contributed by atoms with van der Waals surface area (Å²) in [5, 5.41) is 19.1. The number of benzene rings is 1. The Morgan fingerprint density at radius 2 is 2.10 bits per heavy atom. The molecule has 0 bridgehead atoms. The van der Waals surface area contributed by atoms with Crippen molar-refractivity contribution in [3.8, 4) is 0 Å². The first-order valence-corrected chi connectivity index (χ1v) is 6.58. The Morgan fingerprint density at radius 1 is 1.30 bits per heavy atom. The second-order valence-corrected chi connectivity index (χ2v) is 4.50. The van der Waals surface area contributed by atoms with Gasteiger partial charge in [-0.2, -0.15) is 0 Å². The largest absolute Gasteiger partial charge is 0.390 e. The van der Waals surface area contributed by atoms with Crippen molar-refractivity contribution >= 4 is 5.91 Å². The number of aliphatic hydroxyl groups excluding tert-OH is 1.